The zero-order valence-corrected chi connectivity index (χ0v) is 19.6. The molecule has 0 radical (unpaired) electrons. The third-order valence-corrected chi connectivity index (χ3v) is 8.19. The summed E-state index contributed by atoms with van der Waals surface area (Å²) in [6.45, 7) is 1.89. The number of aryl methyl sites for hydroxylation is 1. The first kappa shape index (κ1) is 20.5. The number of benzene rings is 1. The number of amides is 1. The van der Waals surface area contributed by atoms with Crippen molar-refractivity contribution in [1.29, 1.82) is 0 Å². The first-order valence-corrected chi connectivity index (χ1v) is 11.1. The molecule has 0 aliphatic rings. The van der Waals surface area contributed by atoms with E-state index in [9.17, 15) is 9.59 Å². The minimum Gasteiger partial charge on any atom is -0.465 e. The monoisotopic (exact) mass is 547 g/mol. The van der Waals surface area contributed by atoms with E-state index >= 15 is 0 Å². The van der Waals surface area contributed by atoms with Crippen molar-refractivity contribution in [3.8, 4) is 11.1 Å². The second kappa shape index (κ2) is 8.45. The predicted octanol–water partition coefficient (Wildman–Crippen LogP) is 7.00. The lowest BCUT2D eigenvalue weighted by molar-refractivity contribution is 0.0603. The molecule has 3 aromatic rings. The van der Waals surface area contributed by atoms with Crippen LogP contribution in [0.25, 0.3) is 11.1 Å². The van der Waals surface area contributed by atoms with Crippen LogP contribution < -0.4 is 5.32 Å². The molecule has 1 N–H and O–H groups in total. The maximum absolute atomic E-state index is 12.6. The third-order valence-electron chi connectivity index (χ3n) is 3.68. The SMILES string of the molecule is COC(=O)c1c(NC(=O)c2cc(Br)c(Br)s2)sc(C)c1-c1cccc(Cl)c1. The minimum absolute atomic E-state index is 0.296. The average molecular weight is 550 g/mol. The molecule has 9 heteroatoms. The highest BCUT2D eigenvalue weighted by atomic mass is 79.9. The van der Waals surface area contributed by atoms with Crippen LogP contribution in [0.2, 0.25) is 5.02 Å². The Morgan fingerprint density at radius 2 is 1.93 bits per heavy atom. The van der Waals surface area contributed by atoms with E-state index in [0.29, 0.717) is 26.0 Å². The quantitative estimate of drug-likeness (QED) is 0.357. The fraction of sp³-hybridized carbons (Fsp3) is 0.111. The van der Waals surface area contributed by atoms with Crippen LogP contribution in [0.4, 0.5) is 5.00 Å². The molecule has 0 fully saturated rings. The van der Waals surface area contributed by atoms with Crippen LogP contribution in [0.1, 0.15) is 24.9 Å². The Labute approximate surface area is 185 Å². The van der Waals surface area contributed by atoms with Gasteiger partial charge in [0.25, 0.3) is 5.91 Å². The summed E-state index contributed by atoms with van der Waals surface area (Å²) in [6.07, 6.45) is 0. The first-order valence-electron chi connectivity index (χ1n) is 7.55. The van der Waals surface area contributed by atoms with Gasteiger partial charge < -0.3 is 10.1 Å². The topological polar surface area (TPSA) is 55.4 Å². The minimum atomic E-state index is -0.516. The van der Waals surface area contributed by atoms with Crippen molar-refractivity contribution in [3.05, 3.63) is 58.9 Å². The van der Waals surface area contributed by atoms with Crippen LogP contribution >= 0.6 is 66.1 Å². The summed E-state index contributed by atoms with van der Waals surface area (Å²) < 4.78 is 6.59. The van der Waals surface area contributed by atoms with Gasteiger partial charge in [-0.05, 0) is 62.5 Å². The van der Waals surface area contributed by atoms with Crippen LogP contribution in [0, 0.1) is 6.92 Å². The lowest BCUT2D eigenvalue weighted by Gasteiger charge is -2.08. The fourth-order valence-corrected chi connectivity index (χ4v) is 5.72. The molecule has 0 saturated carbocycles. The van der Waals surface area contributed by atoms with Crippen LogP contribution in [0.3, 0.4) is 0 Å². The summed E-state index contributed by atoms with van der Waals surface area (Å²) in [4.78, 5) is 26.5. The Kier molecular flexibility index (Phi) is 6.43. The van der Waals surface area contributed by atoms with Crippen molar-refractivity contribution in [2.24, 2.45) is 0 Å². The van der Waals surface area contributed by atoms with Crippen molar-refractivity contribution in [2.75, 3.05) is 12.4 Å². The molecule has 2 heterocycles. The predicted molar refractivity (Wildman–Crippen MR) is 119 cm³/mol. The van der Waals surface area contributed by atoms with Crippen molar-refractivity contribution in [1.82, 2.24) is 0 Å². The number of esters is 1. The van der Waals surface area contributed by atoms with Crippen LogP contribution in [0.15, 0.2) is 38.6 Å². The largest absolute Gasteiger partial charge is 0.465 e. The molecule has 1 aromatic carbocycles. The van der Waals surface area contributed by atoms with Gasteiger partial charge in [0.1, 0.15) is 10.6 Å². The number of ether oxygens (including phenoxy) is 1. The average Bonchev–Trinajstić information content (AvgIpc) is 3.13. The zero-order chi connectivity index (χ0) is 19.7. The van der Waals surface area contributed by atoms with Gasteiger partial charge in [-0.3, -0.25) is 4.79 Å². The summed E-state index contributed by atoms with van der Waals surface area (Å²) >= 11 is 15.5. The van der Waals surface area contributed by atoms with E-state index in [-0.39, 0.29) is 5.91 Å². The van der Waals surface area contributed by atoms with Crippen molar-refractivity contribution < 1.29 is 14.3 Å². The first-order chi connectivity index (χ1) is 12.8. The summed E-state index contributed by atoms with van der Waals surface area (Å²) in [6, 6.07) is 8.95. The molecule has 0 bridgehead atoms. The molecule has 0 saturated heterocycles. The summed E-state index contributed by atoms with van der Waals surface area (Å²) in [7, 11) is 1.32. The normalized spacial score (nSPS) is 10.7. The lowest BCUT2D eigenvalue weighted by Crippen LogP contribution is -2.13. The van der Waals surface area contributed by atoms with E-state index in [1.807, 2.05) is 19.1 Å². The van der Waals surface area contributed by atoms with Gasteiger partial charge in [-0.15, -0.1) is 22.7 Å². The molecule has 0 atom stereocenters. The van der Waals surface area contributed by atoms with Gasteiger partial charge in [-0.25, -0.2) is 4.79 Å². The number of hydrogen-bond acceptors (Lipinski definition) is 5. The molecule has 4 nitrogen and oxygen atoms in total. The highest BCUT2D eigenvalue weighted by molar-refractivity contribution is 9.13. The molecule has 1 amide bonds. The van der Waals surface area contributed by atoms with E-state index in [1.165, 1.54) is 29.8 Å². The number of halogens is 3. The molecule has 0 aliphatic heterocycles. The van der Waals surface area contributed by atoms with Gasteiger partial charge >= 0.3 is 5.97 Å². The number of rotatable bonds is 4. The second-order valence-corrected chi connectivity index (χ2v) is 10.3. The molecule has 0 spiro atoms. The second-order valence-electron chi connectivity index (χ2n) is 5.43. The highest BCUT2D eigenvalue weighted by Gasteiger charge is 2.26. The van der Waals surface area contributed by atoms with Gasteiger partial charge in [-0.2, -0.15) is 0 Å². The summed E-state index contributed by atoms with van der Waals surface area (Å²) in [5, 5.41) is 3.85. The molecule has 0 unspecified atom stereocenters. The molecule has 27 heavy (non-hydrogen) atoms. The van der Waals surface area contributed by atoms with Crippen LogP contribution in [-0.2, 0) is 4.74 Å². The number of anilines is 1. The standard InChI is InChI=1S/C18H12Br2ClNO3S2/c1-8-13(9-4-3-5-10(21)6-9)14(18(24)25-2)17(26-8)22-16(23)12-7-11(19)15(20)27-12/h3-7H,1-2H3,(H,22,23). The Morgan fingerprint density at radius 3 is 2.52 bits per heavy atom. The number of hydrogen-bond donors (Lipinski definition) is 1. The maximum atomic E-state index is 12.6. The van der Waals surface area contributed by atoms with Gasteiger partial charge in [-0.1, -0.05) is 23.7 Å². The Bertz CT molecular complexity index is 1030. The van der Waals surface area contributed by atoms with E-state index in [0.717, 1.165) is 18.7 Å². The van der Waals surface area contributed by atoms with Gasteiger partial charge in [0, 0.05) is 19.9 Å². The Hall–Kier alpha value is -1.19. The third kappa shape index (κ3) is 4.30. The molecule has 0 aliphatic carbocycles. The number of carbonyl (C=O) groups excluding carboxylic acids is 2. The zero-order valence-electron chi connectivity index (χ0n) is 14.1. The lowest BCUT2D eigenvalue weighted by atomic mass is 10.0. The van der Waals surface area contributed by atoms with Crippen LogP contribution in [-0.4, -0.2) is 19.0 Å². The molecular weight excluding hydrogens is 538 g/mol. The Morgan fingerprint density at radius 1 is 1.19 bits per heavy atom. The Balaban J connectivity index is 2.06. The summed E-state index contributed by atoms with van der Waals surface area (Å²) in [5.41, 5.74) is 1.82. The number of thiophene rings is 2. The van der Waals surface area contributed by atoms with Gasteiger partial charge in [0.15, 0.2) is 0 Å². The number of methoxy groups -OCH3 is 1. The van der Waals surface area contributed by atoms with Crippen LogP contribution in [0.5, 0.6) is 0 Å². The van der Waals surface area contributed by atoms with Crippen molar-refractivity contribution >= 4 is 83.0 Å². The number of nitrogens with one attached hydrogen (secondary N) is 1. The van der Waals surface area contributed by atoms with Crippen molar-refractivity contribution in [3.63, 3.8) is 0 Å². The molecular formula is C18H12Br2ClNO3S2. The smallest absolute Gasteiger partial charge is 0.341 e. The van der Waals surface area contributed by atoms with Crippen molar-refractivity contribution in [2.45, 2.75) is 6.92 Å². The molecule has 3 rings (SSSR count). The van der Waals surface area contributed by atoms with E-state index < -0.39 is 5.97 Å². The van der Waals surface area contributed by atoms with Gasteiger partial charge in [0.2, 0.25) is 0 Å². The summed E-state index contributed by atoms with van der Waals surface area (Å²) in [5.74, 6) is -0.811. The van der Waals surface area contributed by atoms with Gasteiger partial charge in [0.05, 0.1) is 15.8 Å². The van der Waals surface area contributed by atoms with E-state index in [4.69, 9.17) is 16.3 Å². The highest BCUT2D eigenvalue weighted by Crippen LogP contribution is 2.41. The number of carbonyl (C=O) groups is 2. The molecule has 140 valence electrons. The van der Waals surface area contributed by atoms with E-state index in [1.54, 1.807) is 18.2 Å². The molecule has 2 aromatic heterocycles. The fourth-order valence-electron chi connectivity index (χ4n) is 2.54. The van der Waals surface area contributed by atoms with E-state index in [2.05, 4.69) is 37.2 Å². The maximum Gasteiger partial charge on any atom is 0.341 e.